The molecule has 1 aromatic carbocycles. The molecule has 5 nitrogen and oxygen atoms in total. The monoisotopic (exact) mass is 298 g/mol. The fraction of sp³-hybridized carbons (Fsp3) is 0.500. The van der Waals surface area contributed by atoms with Crippen molar-refractivity contribution in [1.82, 2.24) is 0 Å². The maximum Gasteiger partial charge on any atom is 0.238 e. The molecule has 4 N–H and O–H groups in total. The van der Waals surface area contributed by atoms with Gasteiger partial charge >= 0.3 is 0 Å². The molecule has 0 heterocycles. The summed E-state index contributed by atoms with van der Waals surface area (Å²) in [6.07, 6.45) is 6.49. The van der Waals surface area contributed by atoms with Crippen LogP contribution in [0.2, 0.25) is 0 Å². The molecule has 0 saturated carbocycles. The molecular formula is C14H22N2O3S. The van der Waals surface area contributed by atoms with Gasteiger partial charge in [-0.05, 0) is 37.0 Å². The summed E-state index contributed by atoms with van der Waals surface area (Å²) in [4.78, 5) is 10.7. The zero-order chi connectivity index (χ0) is 15.0. The van der Waals surface area contributed by atoms with E-state index in [-0.39, 0.29) is 10.8 Å². The van der Waals surface area contributed by atoms with Crippen LogP contribution in [-0.4, -0.2) is 14.3 Å². The Bertz CT molecular complexity index is 524. The van der Waals surface area contributed by atoms with E-state index >= 15 is 0 Å². The first-order valence-electron chi connectivity index (χ1n) is 6.79. The largest absolute Gasteiger partial charge is 0.370 e. The number of carbonyl (C=O) groups excluding carboxylic acids is 1. The number of benzene rings is 1. The third-order valence-electron chi connectivity index (χ3n) is 3.14. The zero-order valence-electron chi connectivity index (χ0n) is 11.5. The van der Waals surface area contributed by atoms with Crippen LogP contribution in [0.4, 0.5) is 0 Å². The van der Waals surface area contributed by atoms with E-state index in [0.29, 0.717) is 6.42 Å². The maximum absolute atomic E-state index is 11.1. The van der Waals surface area contributed by atoms with Crippen LogP contribution < -0.4 is 10.9 Å². The molecule has 0 aromatic heterocycles. The topological polar surface area (TPSA) is 103 Å². The van der Waals surface area contributed by atoms with Crippen LogP contribution in [0, 0.1) is 0 Å². The lowest BCUT2D eigenvalue weighted by atomic mass is 10.0. The zero-order valence-corrected chi connectivity index (χ0v) is 12.4. The molecule has 0 radical (unpaired) electrons. The predicted molar refractivity (Wildman–Crippen MR) is 78.4 cm³/mol. The minimum atomic E-state index is -3.60. The fourth-order valence-electron chi connectivity index (χ4n) is 2.00. The van der Waals surface area contributed by atoms with Gasteiger partial charge in [0, 0.05) is 6.42 Å². The average molecular weight is 298 g/mol. The van der Waals surface area contributed by atoms with Crippen LogP contribution in [-0.2, 0) is 21.2 Å². The van der Waals surface area contributed by atoms with Crippen LogP contribution >= 0.6 is 0 Å². The van der Waals surface area contributed by atoms with E-state index in [1.807, 2.05) is 0 Å². The summed E-state index contributed by atoms with van der Waals surface area (Å²) < 4.78 is 22.2. The van der Waals surface area contributed by atoms with Crippen molar-refractivity contribution in [1.29, 1.82) is 0 Å². The molecule has 0 saturated heterocycles. The Morgan fingerprint density at radius 1 is 0.950 bits per heavy atom. The smallest absolute Gasteiger partial charge is 0.238 e. The van der Waals surface area contributed by atoms with E-state index in [2.05, 4.69) is 0 Å². The molecule has 0 fully saturated rings. The summed E-state index contributed by atoms with van der Waals surface area (Å²) in [7, 11) is -3.60. The van der Waals surface area contributed by atoms with Gasteiger partial charge in [-0.25, -0.2) is 13.6 Å². The van der Waals surface area contributed by atoms with Crippen molar-refractivity contribution in [3.8, 4) is 0 Å². The standard InChI is InChI=1S/C14H22N2O3S/c15-14(17)7-5-3-1-2-4-6-12-8-10-13(11-9-12)20(16,18)19/h8-11H,1-7H2,(H2,15,17)(H2,16,18,19). The Morgan fingerprint density at radius 2 is 1.50 bits per heavy atom. The van der Waals surface area contributed by atoms with Gasteiger partial charge in [0.2, 0.25) is 15.9 Å². The number of rotatable bonds is 9. The van der Waals surface area contributed by atoms with Gasteiger partial charge < -0.3 is 5.73 Å². The predicted octanol–water partition coefficient (Wildman–Crippen LogP) is 1.70. The Morgan fingerprint density at radius 3 is 2.05 bits per heavy atom. The second kappa shape index (κ2) is 8.01. The molecule has 20 heavy (non-hydrogen) atoms. The Kier molecular flexibility index (Phi) is 6.67. The number of amides is 1. The quantitative estimate of drug-likeness (QED) is 0.678. The molecule has 1 aromatic rings. The third-order valence-corrected chi connectivity index (χ3v) is 4.07. The molecule has 0 aliphatic rings. The minimum Gasteiger partial charge on any atom is -0.370 e. The summed E-state index contributed by atoms with van der Waals surface area (Å²) in [5, 5.41) is 5.04. The minimum absolute atomic E-state index is 0.146. The van der Waals surface area contributed by atoms with Gasteiger partial charge in [0.05, 0.1) is 4.90 Å². The lowest BCUT2D eigenvalue weighted by Crippen LogP contribution is -2.11. The third kappa shape index (κ3) is 6.68. The highest BCUT2D eigenvalue weighted by atomic mass is 32.2. The second-order valence-electron chi connectivity index (χ2n) is 4.92. The van der Waals surface area contributed by atoms with Gasteiger partial charge in [-0.2, -0.15) is 0 Å². The van der Waals surface area contributed by atoms with Crippen molar-refractivity contribution in [2.24, 2.45) is 10.9 Å². The molecule has 0 aliphatic carbocycles. The number of hydrogen-bond donors (Lipinski definition) is 2. The number of unbranched alkanes of at least 4 members (excludes halogenated alkanes) is 4. The summed E-state index contributed by atoms with van der Waals surface area (Å²) in [5.74, 6) is -0.236. The highest BCUT2D eigenvalue weighted by molar-refractivity contribution is 7.89. The first kappa shape index (κ1) is 16.7. The summed E-state index contributed by atoms with van der Waals surface area (Å²) >= 11 is 0. The van der Waals surface area contributed by atoms with Crippen LogP contribution in [0.15, 0.2) is 29.2 Å². The van der Waals surface area contributed by atoms with Crippen molar-refractivity contribution >= 4 is 15.9 Å². The molecule has 0 atom stereocenters. The molecule has 1 rings (SSSR count). The number of primary sulfonamides is 1. The van der Waals surface area contributed by atoms with Crippen molar-refractivity contribution in [2.75, 3.05) is 0 Å². The van der Waals surface area contributed by atoms with Crippen LogP contribution in [0.25, 0.3) is 0 Å². The molecule has 0 unspecified atom stereocenters. The number of aryl methyl sites for hydroxylation is 1. The summed E-state index contributed by atoms with van der Waals surface area (Å²) in [5.41, 5.74) is 6.17. The van der Waals surface area contributed by atoms with Crippen LogP contribution in [0.1, 0.15) is 44.1 Å². The highest BCUT2D eigenvalue weighted by Crippen LogP contribution is 2.12. The number of hydrogen-bond acceptors (Lipinski definition) is 3. The number of nitrogens with two attached hydrogens (primary N) is 2. The van der Waals surface area contributed by atoms with Crippen molar-refractivity contribution in [2.45, 2.75) is 49.8 Å². The van der Waals surface area contributed by atoms with E-state index in [1.54, 1.807) is 12.1 Å². The first-order chi connectivity index (χ1) is 9.39. The Hall–Kier alpha value is -1.40. The Balaban J connectivity index is 2.21. The van der Waals surface area contributed by atoms with Crippen molar-refractivity contribution in [3.63, 3.8) is 0 Å². The van der Waals surface area contributed by atoms with Gasteiger partial charge in [0.15, 0.2) is 0 Å². The molecule has 0 spiro atoms. The highest BCUT2D eigenvalue weighted by Gasteiger charge is 2.06. The van der Waals surface area contributed by atoms with Gasteiger partial charge in [-0.15, -0.1) is 0 Å². The molecule has 1 amide bonds. The number of carbonyl (C=O) groups is 1. The summed E-state index contributed by atoms with van der Waals surface area (Å²) in [6, 6.07) is 6.68. The van der Waals surface area contributed by atoms with Crippen LogP contribution in [0.5, 0.6) is 0 Å². The molecule has 6 heteroatoms. The SMILES string of the molecule is NC(=O)CCCCCCCc1ccc(S(N)(=O)=O)cc1. The number of primary amides is 1. The van der Waals surface area contributed by atoms with E-state index in [9.17, 15) is 13.2 Å². The molecular weight excluding hydrogens is 276 g/mol. The lowest BCUT2D eigenvalue weighted by molar-refractivity contribution is -0.118. The van der Waals surface area contributed by atoms with E-state index < -0.39 is 10.0 Å². The molecule has 0 bridgehead atoms. The van der Waals surface area contributed by atoms with Gasteiger partial charge in [0.25, 0.3) is 0 Å². The first-order valence-corrected chi connectivity index (χ1v) is 8.34. The Labute approximate surface area is 120 Å². The van der Waals surface area contributed by atoms with Gasteiger partial charge in [-0.3, -0.25) is 4.79 Å². The van der Waals surface area contributed by atoms with E-state index in [1.165, 1.54) is 12.1 Å². The van der Waals surface area contributed by atoms with Gasteiger partial charge in [0.1, 0.15) is 0 Å². The maximum atomic E-state index is 11.1. The second-order valence-corrected chi connectivity index (χ2v) is 6.48. The molecule has 112 valence electrons. The number of sulfonamides is 1. The average Bonchev–Trinajstić information content (AvgIpc) is 2.37. The summed E-state index contributed by atoms with van der Waals surface area (Å²) in [6.45, 7) is 0. The fourth-order valence-corrected chi connectivity index (χ4v) is 2.52. The van der Waals surface area contributed by atoms with E-state index in [4.69, 9.17) is 10.9 Å². The molecule has 0 aliphatic heterocycles. The van der Waals surface area contributed by atoms with Crippen LogP contribution in [0.3, 0.4) is 0 Å². The van der Waals surface area contributed by atoms with Crippen molar-refractivity contribution < 1.29 is 13.2 Å². The lowest BCUT2D eigenvalue weighted by Gasteiger charge is -2.03. The van der Waals surface area contributed by atoms with E-state index in [0.717, 1.165) is 44.1 Å². The van der Waals surface area contributed by atoms with Crippen molar-refractivity contribution in [3.05, 3.63) is 29.8 Å². The van der Waals surface area contributed by atoms with Gasteiger partial charge in [-0.1, -0.05) is 31.4 Å². The normalized spacial score (nSPS) is 11.4.